The minimum absolute atomic E-state index is 0.0620. The van der Waals surface area contributed by atoms with Crippen molar-refractivity contribution in [1.29, 1.82) is 0 Å². The second kappa shape index (κ2) is 10.4. The number of pyridine rings is 1. The van der Waals surface area contributed by atoms with Crippen LogP contribution in [-0.4, -0.2) is 85.3 Å². The number of nitrogens with one attached hydrogen (secondary N) is 1. The number of aromatic nitrogens is 5. The quantitative estimate of drug-likeness (QED) is 0.242. The molecular weight excluding hydrogens is 679 g/mol. The molecule has 6 heterocycles. The van der Waals surface area contributed by atoms with Gasteiger partial charge in [0.2, 0.25) is 0 Å². The molecular formula is C32H36F2IN7O2. The summed E-state index contributed by atoms with van der Waals surface area (Å²) < 4.78 is 38.6. The van der Waals surface area contributed by atoms with Crippen LogP contribution in [0, 0.1) is 16.4 Å². The number of anilines is 1. The molecule has 3 aliphatic heterocycles. The van der Waals surface area contributed by atoms with Crippen molar-refractivity contribution in [2.75, 3.05) is 37.7 Å². The van der Waals surface area contributed by atoms with E-state index in [1.54, 1.807) is 6.20 Å². The normalized spacial score (nSPS) is 27.5. The lowest BCUT2D eigenvalue weighted by Gasteiger charge is -2.38. The molecule has 0 spiro atoms. The van der Waals surface area contributed by atoms with Gasteiger partial charge < -0.3 is 14.7 Å². The second-order valence-electron chi connectivity index (χ2n) is 13.6. The largest absolute Gasteiger partial charge is 0.461 e. The molecule has 1 saturated carbocycles. The number of β-amino-alcohol motifs (C(OH)–C–C–N with tert-alkyl or cyclic N) is 1. The topological polar surface area (TPSA) is 103 Å². The van der Waals surface area contributed by atoms with Gasteiger partial charge >= 0.3 is 6.01 Å². The number of fused-ring (bicyclic) bond motifs is 3. The van der Waals surface area contributed by atoms with Gasteiger partial charge in [0, 0.05) is 43.2 Å². The molecule has 9 nitrogen and oxygen atoms in total. The van der Waals surface area contributed by atoms with Gasteiger partial charge in [0.05, 0.1) is 22.0 Å². The summed E-state index contributed by atoms with van der Waals surface area (Å²) in [6, 6.07) is 2.13. The SMILES string of the molecule is Cc1cc2n[nH]c(I)c2c(-c2ncc3c(N4CCC[C@@](C)(O)C4)nc(OC[C@@]45CCCN4C[C@H](F)C5)nc3c2F)c1C1CC1. The summed E-state index contributed by atoms with van der Waals surface area (Å²) in [5, 5.41) is 19.8. The molecule has 44 heavy (non-hydrogen) atoms. The summed E-state index contributed by atoms with van der Waals surface area (Å²) in [7, 11) is 0. The number of hydrogen-bond acceptors (Lipinski definition) is 8. The van der Waals surface area contributed by atoms with E-state index in [0.29, 0.717) is 49.6 Å². The number of aromatic amines is 1. The zero-order chi connectivity index (χ0) is 30.4. The average Bonchev–Trinajstić information content (AvgIpc) is 3.54. The molecule has 0 radical (unpaired) electrons. The zero-order valence-corrected chi connectivity index (χ0v) is 27.1. The van der Waals surface area contributed by atoms with E-state index >= 15 is 4.39 Å². The molecule has 3 atom stereocenters. The lowest BCUT2D eigenvalue weighted by Crippen LogP contribution is -2.46. The number of H-pyrrole nitrogens is 1. The third kappa shape index (κ3) is 4.74. The van der Waals surface area contributed by atoms with Gasteiger partial charge in [0.1, 0.15) is 33.5 Å². The van der Waals surface area contributed by atoms with Gasteiger partial charge in [-0.2, -0.15) is 15.1 Å². The molecule has 3 saturated heterocycles. The standard InChI is InChI=1S/C32H36F2IN7O2/c1-17-11-21-23(28(35)40-39-21)24(22(17)18-5-6-18)27-25(34)26-20(13-36-27)29(41-9-3-7-31(2,43)15-41)38-30(37-26)44-16-32-8-4-10-42(32)14-19(33)12-32/h11,13,18-19,43H,3-10,12,14-16H2,1-2H3,(H,39,40)/t19-,31-,32+/m1/s1. The number of piperidine rings is 1. The summed E-state index contributed by atoms with van der Waals surface area (Å²) in [4.78, 5) is 18.4. The van der Waals surface area contributed by atoms with Gasteiger partial charge in [-0.05, 0) is 105 Å². The molecule has 4 aliphatic rings. The highest BCUT2D eigenvalue weighted by atomic mass is 127. The summed E-state index contributed by atoms with van der Waals surface area (Å²) >= 11 is 2.22. The molecule has 8 rings (SSSR count). The van der Waals surface area contributed by atoms with Gasteiger partial charge in [-0.25, -0.2) is 8.78 Å². The predicted molar refractivity (Wildman–Crippen MR) is 172 cm³/mol. The predicted octanol–water partition coefficient (Wildman–Crippen LogP) is 5.80. The first-order valence-electron chi connectivity index (χ1n) is 15.7. The first-order valence-corrected chi connectivity index (χ1v) is 16.7. The Hall–Kier alpha value is -2.71. The third-order valence-corrected chi connectivity index (χ3v) is 10.9. The van der Waals surface area contributed by atoms with Crippen molar-refractivity contribution < 1.29 is 18.6 Å². The minimum atomic E-state index is -0.907. The van der Waals surface area contributed by atoms with E-state index in [1.807, 2.05) is 11.8 Å². The van der Waals surface area contributed by atoms with Crippen molar-refractivity contribution in [3.8, 4) is 17.3 Å². The first kappa shape index (κ1) is 28.7. The third-order valence-electron chi connectivity index (χ3n) is 10.1. The van der Waals surface area contributed by atoms with Crippen molar-refractivity contribution in [2.45, 2.75) is 82.0 Å². The summed E-state index contributed by atoms with van der Waals surface area (Å²) in [6.07, 6.45) is 6.59. The molecule has 2 N–H and O–H groups in total. The molecule has 12 heteroatoms. The van der Waals surface area contributed by atoms with Crippen molar-refractivity contribution in [2.24, 2.45) is 0 Å². The van der Waals surface area contributed by atoms with E-state index in [2.05, 4.69) is 55.7 Å². The van der Waals surface area contributed by atoms with Crippen LogP contribution in [0.1, 0.15) is 68.9 Å². The van der Waals surface area contributed by atoms with Gasteiger partial charge in [0.25, 0.3) is 0 Å². The van der Waals surface area contributed by atoms with E-state index in [0.717, 1.165) is 69.9 Å². The maximum atomic E-state index is 17.0. The molecule has 0 unspecified atom stereocenters. The number of nitrogens with zero attached hydrogens (tertiary/aromatic N) is 6. The lowest BCUT2D eigenvalue weighted by atomic mass is 9.92. The number of halogens is 3. The monoisotopic (exact) mass is 715 g/mol. The highest BCUT2D eigenvalue weighted by Crippen LogP contribution is 2.49. The van der Waals surface area contributed by atoms with E-state index < -0.39 is 17.6 Å². The fraction of sp³-hybridized carbons (Fsp3) is 0.562. The zero-order valence-electron chi connectivity index (χ0n) is 25.0. The first-order chi connectivity index (χ1) is 21.1. The van der Waals surface area contributed by atoms with Gasteiger partial charge in [-0.15, -0.1) is 0 Å². The molecule has 1 aliphatic carbocycles. The fourth-order valence-corrected chi connectivity index (χ4v) is 8.65. The summed E-state index contributed by atoms with van der Waals surface area (Å²) in [6.45, 7) is 6.38. The van der Waals surface area contributed by atoms with E-state index in [-0.39, 0.29) is 29.4 Å². The number of rotatable bonds is 6. The molecule has 4 fully saturated rings. The van der Waals surface area contributed by atoms with Crippen LogP contribution in [0.2, 0.25) is 0 Å². The van der Waals surface area contributed by atoms with Crippen LogP contribution in [0.25, 0.3) is 33.1 Å². The van der Waals surface area contributed by atoms with Crippen LogP contribution in [0.4, 0.5) is 14.6 Å². The van der Waals surface area contributed by atoms with Gasteiger partial charge in [0.15, 0.2) is 5.82 Å². The highest BCUT2D eigenvalue weighted by molar-refractivity contribution is 14.1. The minimum Gasteiger partial charge on any atom is -0.461 e. The smallest absolute Gasteiger partial charge is 0.319 e. The van der Waals surface area contributed by atoms with Crippen LogP contribution in [0.15, 0.2) is 12.3 Å². The van der Waals surface area contributed by atoms with Crippen molar-refractivity contribution in [3.05, 3.63) is 32.9 Å². The Morgan fingerprint density at radius 2 is 2.02 bits per heavy atom. The van der Waals surface area contributed by atoms with Crippen LogP contribution in [-0.2, 0) is 0 Å². The Morgan fingerprint density at radius 3 is 2.82 bits per heavy atom. The van der Waals surface area contributed by atoms with Crippen molar-refractivity contribution in [3.63, 3.8) is 0 Å². The average molecular weight is 716 g/mol. The second-order valence-corrected chi connectivity index (χ2v) is 14.7. The number of alkyl halides is 1. The van der Waals surface area contributed by atoms with E-state index in [1.165, 1.54) is 0 Å². The number of hydrogen-bond donors (Lipinski definition) is 2. The Morgan fingerprint density at radius 1 is 1.20 bits per heavy atom. The Bertz CT molecular complexity index is 1790. The number of ether oxygens (including phenoxy) is 1. The van der Waals surface area contributed by atoms with Crippen LogP contribution in [0.5, 0.6) is 6.01 Å². The number of aliphatic hydroxyl groups is 1. The van der Waals surface area contributed by atoms with Crippen LogP contribution in [0.3, 0.4) is 0 Å². The lowest BCUT2D eigenvalue weighted by molar-refractivity contribution is 0.0447. The summed E-state index contributed by atoms with van der Waals surface area (Å²) in [5.74, 6) is 0.316. The Kier molecular flexibility index (Phi) is 6.80. The Balaban J connectivity index is 1.29. The van der Waals surface area contributed by atoms with Gasteiger partial charge in [-0.1, -0.05) is 0 Å². The molecule has 0 bridgehead atoms. The van der Waals surface area contributed by atoms with Crippen LogP contribution >= 0.6 is 22.6 Å². The van der Waals surface area contributed by atoms with Gasteiger partial charge in [-0.3, -0.25) is 15.0 Å². The maximum Gasteiger partial charge on any atom is 0.319 e. The van der Waals surface area contributed by atoms with Crippen molar-refractivity contribution >= 4 is 50.2 Å². The maximum absolute atomic E-state index is 17.0. The molecule has 1 aromatic carbocycles. The molecule has 232 valence electrons. The van der Waals surface area contributed by atoms with E-state index in [9.17, 15) is 9.50 Å². The van der Waals surface area contributed by atoms with Crippen LogP contribution < -0.4 is 9.64 Å². The molecule has 3 aromatic heterocycles. The van der Waals surface area contributed by atoms with E-state index in [4.69, 9.17) is 14.7 Å². The molecule has 4 aromatic rings. The Labute approximate surface area is 267 Å². The highest BCUT2D eigenvalue weighted by Gasteiger charge is 2.49. The fourth-order valence-electron chi connectivity index (χ4n) is 7.98. The van der Waals surface area contributed by atoms with Crippen molar-refractivity contribution in [1.82, 2.24) is 30.0 Å². The number of aryl methyl sites for hydroxylation is 1. The molecule has 0 amide bonds. The summed E-state index contributed by atoms with van der Waals surface area (Å²) in [5.41, 5.74) is 2.81. The number of benzene rings is 1.